The van der Waals surface area contributed by atoms with E-state index in [9.17, 15) is 4.79 Å². The van der Waals surface area contributed by atoms with E-state index >= 15 is 0 Å². The van der Waals surface area contributed by atoms with Crippen molar-refractivity contribution in [3.63, 3.8) is 0 Å². The number of allylic oxidation sites excluding steroid dienone is 2. The first kappa shape index (κ1) is 37.9. The number of hydrogen-bond acceptors (Lipinski definition) is 1. The van der Waals surface area contributed by atoms with Gasteiger partial charge in [-0.15, -0.1) is 0 Å². The molecule has 0 saturated heterocycles. The SMILES string of the molecule is CCCCCC/C=C/CCCCCCCCCC=O.CCCCCCCCCCCCCC.O. The summed E-state index contributed by atoms with van der Waals surface area (Å²) >= 11 is 0. The lowest BCUT2D eigenvalue weighted by Gasteiger charge is -2.01. The number of aldehydes is 1. The number of hydrogen-bond donors (Lipinski definition) is 0. The van der Waals surface area contributed by atoms with E-state index in [0.29, 0.717) is 0 Å². The monoisotopic (exact) mass is 483 g/mol. The fourth-order valence-electron chi connectivity index (χ4n) is 4.21. The maximum absolute atomic E-state index is 10.1. The van der Waals surface area contributed by atoms with Gasteiger partial charge in [0.05, 0.1) is 0 Å². The van der Waals surface area contributed by atoms with Crippen LogP contribution in [-0.4, -0.2) is 11.8 Å². The normalized spacial score (nSPS) is 10.7. The molecule has 0 fully saturated rings. The third kappa shape index (κ3) is 41.6. The van der Waals surface area contributed by atoms with Crippen molar-refractivity contribution in [1.82, 2.24) is 0 Å². The van der Waals surface area contributed by atoms with E-state index in [1.54, 1.807) is 0 Å². The van der Waals surface area contributed by atoms with Crippen LogP contribution in [0.4, 0.5) is 0 Å². The molecule has 0 heterocycles. The molecule has 0 atom stereocenters. The molecular formula is C32H66O2. The zero-order valence-electron chi connectivity index (χ0n) is 24.0. The van der Waals surface area contributed by atoms with E-state index in [2.05, 4.69) is 32.9 Å². The van der Waals surface area contributed by atoms with Gasteiger partial charge in [0.15, 0.2) is 0 Å². The van der Waals surface area contributed by atoms with Gasteiger partial charge in [-0.3, -0.25) is 0 Å². The van der Waals surface area contributed by atoms with Crippen LogP contribution in [0.15, 0.2) is 12.2 Å². The molecule has 34 heavy (non-hydrogen) atoms. The summed E-state index contributed by atoms with van der Waals surface area (Å²) < 4.78 is 0. The predicted molar refractivity (Wildman–Crippen MR) is 156 cm³/mol. The summed E-state index contributed by atoms with van der Waals surface area (Å²) in [5.74, 6) is 0. The Morgan fingerprint density at radius 3 is 0.882 bits per heavy atom. The zero-order valence-corrected chi connectivity index (χ0v) is 24.0. The molecule has 0 aromatic carbocycles. The molecule has 206 valence electrons. The fraction of sp³-hybridized carbons (Fsp3) is 0.906. The molecule has 2 N–H and O–H groups in total. The van der Waals surface area contributed by atoms with Crippen LogP contribution in [0.1, 0.15) is 188 Å². The van der Waals surface area contributed by atoms with Crippen LogP contribution in [-0.2, 0) is 4.79 Å². The minimum atomic E-state index is 0. The van der Waals surface area contributed by atoms with Crippen LogP contribution >= 0.6 is 0 Å². The number of carbonyl (C=O) groups is 1. The maximum Gasteiger partial charge on any atom is 0.119 e. The summed E-state index contributed by atoms with van der Waals surface area (Å²) in [5, 5.41) is 0. The highest BCUT2D eigenvalue weighted by atomic mass is 16.1. The highest BCUT2D eigenvalue weighted by Crippen LogP contribution is 2.12. The van der Waals surface area contributed by atoms with Gasteiger partial charge in [0.2, 0.25) is 0 Å². The number of unbranched alkanes of at least 4 members (excludes halogenated alkanes) is 23. The molecule has 0 amide bonds. The van der Waals surface area contributed by atoms with Gasteiger partial charge in [0.1, 0.15) is 6.29 Å². The molecule has 0 radical (unpaired) electrons. The van der Waals surface area contributed by atoms with E-state index in [4.69, 9.17) is 0 Å². The summed E-state index contributed by atoms with van der Waals surface area (Å²) in [6, 6.07) is 0. The van der Waals surface area contributed by atoms with Crippen LogP contribution in [0.5, 0.6) is 0 Å². The topological polar surface area (TPSA) is 48.6 Å². The number of carbonyl (C=O) groups excluding carboxylic acids is 1. The van der Waals surface area contributed by atoms with Gasteiger partial charge in [0, 0.05) is 6.42 Å². The second-order valence-electron chi connectivity index (χ2n) is 10.1. The second-order valence-corrected chi connectivity index (χ2v) is 10.1. The minimum Gasteiger partial charge on any atom is -0.412 e. The van der Waals surface area contributed by atoms with E-state index in [-0.39, 0.29) is 5.48 Å². The van der Waals surface area contributed by atoms with Gasteiger partial charge in [0.25, 0.3) is 0 Å². The first-order chi connectivity index (χ1) is 16.3. The van der Waals surface area contributed by atoms with Gasteiger partial charge < -0.3 is 10.3 Å². The van der Waals surface area contributed by atoms with Gasteiger partial charge in [-0.2, -0.15) is 0 Å². The van der Waals surface area contributed by atoms with Gasteiger partial charge in [-0.05, 0) is 32.1 Å². The van der Waals surface area contributed by atoms with Crippen molar-refractivity contribution in [3.8, 4) is 0 Å². The lowest BCUT2D eigenvalue weighted by atomic mass is 10.1. The Morgan fingerprint density at radius 1 is 0.353 bits per heavy atom. The average molecular weight is 483 g/mol. The molecule has 0 aliphatic rings. The van der Waals surface area contributed by atoms with Crippen molar-refractivity contribution in [3.05, 3.63) is 12.2 Å². The lowest BCUT2D eigenvalue weighted by molar-refractivity contribution is -0.107. The Bertz CT molecular complexity index is 339. The van der Waals surface area contributed by atoms with E-state index in [0.717, 1.165) is 19.1 Å². The van der Waals surface area contributed by atoms with Gasteiger partial charge in [-0.25, -0.2) is 0 Å². The van der Waals surface area contributed by atoms with Crippen molar-refractivity contribution in [2.45, 2.75) is 188 Å². The fourth-order valence-corrected chi connectivity index (χ4v) is 4.21. The van der Waals surface area contributed by atoms with Crippen LogP contribution in [0.2, 0.25) is 0 Å². The molecule has 0 unspecified atom stereocenters. The third-order valence-electron chi connectivity index (χ3n) is 6.54. The predicted octanol–water partition coefficient (Wildman–Crippen LogP) is 11.1. The van der Waals surface area contributed by atoms with Crippen molar-refractivity contribution >= 4 is 6.29 Å². The Hall–Kier alpha value is -0.630. The molecule has 2 heteroatoms. The number of rotatable bonds is 26. The third-order valence-corrected chi connectivity index (χ3v) is 6.54. The van der Waals surface area contributed by atoms with E-state index in [1.807, 2.05) is 0 Å². The summed E-state index contributed by atoms with van der Waals surface area (Å²) in [7, 11) is 0. The standard InChI is InChI=1S/C18H34O.C14H30.H2O/c1-2-3-4-5-6-7-8-9-10-11-12-13-14-15-16-17-18-19;1-3-5-7-9-11-13-14-12-10-8-6-4-2;/h7-8,18H,2-6,9-17H2,1H3;3-14H2,1-2H3;1H2/b8-7+;;. The van der Waals surface area contributed by atoms with Crippen LogP contribution < -0.4 is 0 Å². The first-order valence-electron chi connectivity index (χ1n) is 15.4. The first-order valence-corrected chi connectivity index (χ1v) is 15.4. The van der Waals surface area contributed by atoms with E-state index in [1.165, 1.54) is 154 Å². The summed E-state index contributed by atoms with van der Waals surface area (Å²) in [4.78, 5) is 10.1. The molecule has 0 saturated carbocycles. The second kappa shape index (κ2) is 39.6. The highest BCUT2D eigenvalue weighted by Gasteiger charge is 1.92. The maximum atomic E-state index is 10.1. The molecule has 0 spiro atoms. The molecular weight excluding hydrogens is 416 g/mol. The van der Waals surface area contributed by atoms with E-state index < -0.39 is 0 Å². The Balaban J connectivity index is -0.000000573. The molecule has 0 rings (SSSR count). The molecule has 0 aromatic heterocycles. The average Bonchev–Trinajstić information content (AvgIpc) is 2.83. The molecule has 0 bridgehead atoms. The Morgan fingerprint density at radius 2 is 0.588 bits per heavy atom. The summed E-state index contributed by atoms with van der Waals surface area (Å²) in [6.45, 7) is 6.83. The van der Waals surface area contributed by atoms with Crippen molar-refractivity contribution in [1.29, 1.82) is 0 Å². The molecule has 0 aliphatic heterocycles. The smallest absolute Gasteiger partial charge is 0.119 e. The molecule has 0 aliphatic carbocycles. The summed E-state index contributed by atoms with van der Waals surface area (Å²) in [6.07, 6.45) is 41.0. The summed E-state index contributed by atoms with van der Waals surface area (Å²) in [5.41, 5.74) is 0. The van der Waals surface area contributed by atoms with Crippen LogP contribution in [0.25, 0.3) is 0 Å². The largest absolute Gasteiger partial charge is 0.412 e. The molecule has 0 aromatic rings. The zero-order chi connectivity index (χ0) is 24.5. The minimum absolute atomic E-state index is 0. The Kier molecular flexibility index (Phi) is 44.1. The van der Waals surface area contributed by atoms with Crippen LogP contribution in [0.3, 0.4) is 0 Å². The Labute approximate surface area is 216 Å². The van der Waals surface area contributed by atoms with Gasteiger partial charge >= 0.3 is 0 Å². The van der Waals surface area contributed by atoms with Crippen molar-refractivity contribution in [2.24, 2.45) is 0 Å². The molecule has 2 nitrogen and oxygen atoms in total. The highest BCUT2D eigenvalue weighted by molar-refractivity contribution is 5.48. The van der Waals surface area contributed by atoms with Gasteiger partial charge in [-0.1, -0.05) is 161 Å². The van der Waals surface area contributed by atoms with Crippen molar-refractivity contribution in [2.75, 3.05) is 0 Å². The van der Waals surface area contributed by atoms with Crippen LogP contribution in [0, 0.1) is 0 Å². The quantitative estimate of drug-likeness (QED) is 0.0686. The lowest BCUT2D eigenvalue weighted by Crippen LogP contribution is -1.81. The van der Waals surface area contributed by atoms with Crippen molar-refractivity contribution < 1.29 is 10.3 Å².